The van der Waals surface area contributed by atoms with Gasteiger partial charge in [-0.15, -0.1) is 0 Å². The molecule has 0 bridgehead atoms. The second kappa shape index (κ2) is 8.30. The number of hydrogen-bond donors (Lipinski definition) is 4. The van der Waals surface area contributed by atoms with Gasteiger partial charge in [0, 0.05) is 7.11 Å². The lowest BCUT2D eigenvalue weighted by atomic mass is 10.1. The fourth-order valence-electron chi connectivity index (χ4n) is 1.35. The third-order valence-electron chi connectivity index (χ3n) is 2.48. The molecule has 0 aromatic rings. The minimum Gasteiger partial charge on any atom is -0.480 e. The number of amides is 3. The average Bonchev–Trinajstić information content (AvgIpc) is 2.26. The second-order valence-corrected chi connectivity index (χ2v) is 4.48. The molecule has 0 radical (unpaired) electrons. The number of carboxylic acids is 1. The molecule has 0 aliphatic rings. The number of methoxy groups -OCH3 is 1. The number of nitrogens with two attached hydrogens (primary N) is 1. The minimum absolute atomic E-state index is 0.116. The van der Waals surface area contributed by atoms with E-state index in [1.165, 1.54) is 7.11 Å². The van der Waals surface area contributed by atoms with Crippen molar-refractivity contribution in [2.24, 2.45) is 11.7 Å². The summed E-state index contributed by atoms with van der Waals surface area (Å²) < 4.78 is 4.95. The van der Waals surface area contributed by atoms with Crippen LogP contribution in [0.25, 0.3) is 0 Å². The summed E-state index contributed by atoms with van der Waals surface area (Å²) in [4.78, 5) is 33.2. The van der Waals surface area contributed by atoms with Gasteiger partial charge in [0.2, 0.25) is 5.91 Å². The first-order valence-electron chi connectivity index (χ1n) is 5.85. The predicted molar refractivity (Wildman–Crippen MR) is 67.4 cm³/mol. The minimum atomic E-state index is -1.34. The molecule has 0 saturated carbocycles. The standard InChI is InChI=1S/C11H21N3O5/c1-6(2)8(5-19-3)14-11(18)13-7(10(16)17)4-9(12)15/h6-8H,4-5H2,1-3H3,(H2,12,15)(H,16,17)(H2,13,14,18)/t7-,8?/m1/s1. The zero-order valence-electron chi connectivity index (χ0n) is 11.3. The van der Waals surface area contributed by atoms with E-state index in [1.807, 2.05) is 13.8 Å². The van der Waals surface area contributed by atoms with E-state index in [2.05, 4.69) is 10.6 Å². The Kier molecular flexibility index (Phi) is 7.50. The number of ether oxygens (including phenoxy) is 1. The summed E-state index contributed by atoms with van der Waals surface area (Å²) in [5.41, 5.74) is 4.91. The fourth-order valence-corrected chi connectivity index (χ4v) is 1.35. The molecule has 1 unspecified atom stereocenters. The normalized spacial score (nSPS) is 13.7. The van der Waals surface area contributed by atoms with E-state index < -0.39 is 30.4 Å². The highest BCUT2D eigenvalue weighted by Gasteiger charge is 2.24. The van der Waals surface area contributed by atoms with E-state index in [0.717, 1.165) is 0 Å². The topological polar surface area (TPSA) is 131 Å². The molecule has 110 valence electrons. The first-order valence-corrected chi connectivity index (χ1v) is 5.85. The Balaban J connectivity index is 4.47. The van der Waals surface area contributed by atoms with Gasteiger partial charge in [-0.25, -0.2) is 9.59 Å². The summed E-state index contributed by atoms with van der Waals surface area (Å²) in [5.74, 6) is -2.00. The SMILES string of the molecule is COCC(NC(=O)N[C@H](CC(N)=O)C(=O)O)C(C)C. The van der Waals surface area contributed by atoms with E-state index in [1.54, 1.807) is 0 Å². The summed E-state index contributed by atoms with van der Waals surface area (Å²) in [7, 11) is 1.50. The average molecular weight is 275 g/mol. The lowest BCUT2D eigenvalue weighted by Gasteiger charge is -2.23. The Morgan fingerprint density at radius 2 is 1.84 bits per heavy atom. The van der Waals surface area contributed by atoms with Crippen LogP contribution < -0.4 is 16.4 Å². The molecule has 8 heteroatoms. The summed E-state index contributed by atoms with van der Waals surface area (Å²) >= 11 is 0. The number of carbonyl (C=O) groups is 3. The Morgan fingerprint density at radius 1 is 1.26 bits per heavy atom. The predicted octanol–water partition coefficient (Wildman–Crippen LogP) is -0.715. The third kappa shape index (κ3) is 7.24. The smallest absolute Gasteiger partial charge is 0.326 e. The molecular formula is C11H21N3O5. The van der Waals surface area contributed by atoms with Gasteiger partial charge < -0.3 is 26.2 Å². The zero-order valence-corrected chi connectivity index (χ0v) is 11.3. The lowest BCUT2D eigenvalue weighted by Crippen LogP contribution is -2.52. The van der Waals surface area contributed by atoms with Gasteiger partial charge in [-0.1, -0.05) is 13.8 Å². The summed E-state index contributed by atoms with van der Waals surface area (Å²) in [6.45, 7) is 4.09. The Labute approximate surface area is 111 Å². The molecule has 0 aliphatic heterocycles. The maximum absolute atomic E-state index is 11.6. The highest BCUT2D eigenvalue weighted by molar-refractivity contribution is 5.87. The largest absolute Gasteiger partial charge is 0.480 e. The first-order chi connectivity index (χ1) is 8.77. The van der Waals surface area contributed by atoms with E-state index in [9.17, 15) is 14.4 Å². The Bertz CT molecular complexity index is 332. The van der Waals surface area contributed by atoms with E-state index in [4.69, 9.17) is 15.6 Å². The van der Waals surface area contributed by atoms with Crippen molar-refractivity contribution in [1.82, 2.24) is 10.6 Å². The maximum atomic E-state index is 11.6. The van der Waals surface area contributed by atoms with E-state index in [0.29, 0.717) is 6.61 Å². The number of rotatable bonds is 8. The van der Waals surface area contributed by atoms with Gasteiger partial charge in [0.1, 0.15) is 6.04 Å². The van der Waals surface area contributed by atoms with Crippen LogP contribution in [0.15, 0.2) is 0 Å². The monoisotopic (exact) mass is 275 g/mol. The van der Waals surface area contributed by atoms with Crippen molar-refractivity contribution in [2.45, 2.75) is 32.4 Å². The van der Waals surface area contributed by atoms with Crippen LogP contribution in [0.4, 0.5) is 4.79 Å². The van der Waals surface area contributed by atoms with Gasteiger partial charge >= 0.3 is 12.0 Å². The highest BCUT2D eigenvalue weighted by atomic mass is 16.5. The molecular weight excluding hydrogens is 254 g/mol. The lowest BCUT2D eigenvalue weighted by molar-refractivity contribution is -0.140. The van der Waals surface area contributed by atoms with Crippen LogP contribution in [0.2, 0.25) is 0 Å². The fraction of sp³-hybridized carbons (Fsp3) is 0.727. The van der Waals surface area contributed by atoms with Gasteiger partial charge in [-0.2, -0.15) is 0 Å². The molecule has 2 atom stereocenters. The number of carbonyl (C=O) groups excluding carboxylic acids is 2. The quantitative estimate of drug-likeness (QED) is 0.464. The van der Waals surface area contributed by atoms with Crippen LogP contribution in [0.1, 0.15) is 20.3 Å². The van der Waals surface area contributed by atoms with Crippen LogP contribution >= 0.6 is 0 Å². The molecule has 3 amide bonds. The Morgan fingerprint density at radius 3 is 2.21 bits per heavy atom. The molecule has 0 spiro atoms. The van der Waals surface area contributed by atoms with Crippen molar-refractivity contribution in [3.8, 4) is 0 Å². The molecule has 0 fully saturated rings. The van der Waals surface area contributed by atoms with Gasteiger partial charge in [-0.05, 0) is 5.92 Å². The zero-order chi connectivity index (χ0) is 15.0. The molecule has 0 saturated heterocycles. The van der Waals surface area contributed by atoms with Gasteiger partial charge in [0.15, 0.2) is 0 Å². The molecule has 0 rings (SSSR count). The number of urea groups is 1. The first kappa shape index (κ1) is 17.2. The van der Waals surface area contributed by atoms with Crippen LogP contribution in [0, 0.1) is 5.92 Å². The second-order valence-electron chi connectivity index (χ2n) is 4.48. The van der Waals surface area contributed by atoms with Crippen LogP contribution in [-0.2, 0) is 14.3 Å². The van der Waals surface area contributed by atoms with Crippen molar-refractivity contribution in [3.63, 3.8) is 0 Å². The Hall–Kier alpha value is -1.83. The maximum Gasteiger partial charge on any atom is 0.326 e. The number of primary amides is 1. The number of aliphatic carboxylic acids is 1. The summed E-state index contributed by atoms with van der Waals surface area (Å²) in [5, 5.41) is 13.6. The van der Waals surface area contributed by atoms with Gasteiger partial charge in [0.25, 0.3) is 0 Å². The van der Waals surface area contributed by atoms with Gasteiger partial charge in [-0.3, -0.25) is 4.79 Å². The molecule has 0 aromatic carbocycles. The van der Waals surface area contributed by atoms with Crippen molar-refractivity contribution >= 4 is 17.9 Å². The van der Waals surface area contributed by atoms with Crippen LogP contribution in [-0.4, -0.2) is 48.8 Å². The van der Waals surface area contributed by atoms with Gasteiger partial charge in [0.05, 0.1) is 19.1 Å². The molecule has 0 aliphatic carbocycles. The van der Waals surface area contributed by atoms with E-state index in [-0.39, 0.29) is 12.0 Å². The number of hydrogen-bond acceptors (Lipinski definition) is 4. The van der Waals surface area contributed by atoms with E-state index >= 15 is 0 Å². The molecule has 8 nitrogen and oxygen atoms in total. The van der Waals surface area contributed by atoms with Crippen molar-refractivity contribution in [2.75, 3.05) is 13.7 Å². The summed E-state index contributed by atoms with van der Waals surface area (Å²) in [6.07, 6.45) is -0.459. The van der Waals surface area contributed by atoms with Crippen molar-refractivity contribution < 1.29 is 24.2 Å². The van der Waals surface area contributed by atoms with Crippen molar-refractivity contribution in [1.29, 1.82) is 0 Å². The van der Waals surface area contributed by atoms with Crippen LogP contribution in [0.5, 0.6) is 0 Å². The molecule has 19 heavy (non-hydrogen) atoms. The molecule has 5 N–H and O–H groups in total. The highest BCUT2D eigenvalue weighted by Crippen LogP contribution is 2.02. The van der Waals surface area contributed by atoms with Crippen molar-refractivity contribution in [3.05, 3.63) is 0 Å². The third-order valence-corrected chi connectivity index (χ3v) is 2.48. The summed E-state index contributed by atoms with van der Waals surface area (Å²) in [6, 6.07) is -2.27. The number of nitrogens with one attached hydrogen (secondary N) is 2. The number of carboxylic acid groups (broad SMARTS) is 1. The van der Waals surface area contributed by atoms with Crippen LogP contribution in [0.3, 0.4) is 0 Å². The molecule has 0 heterocycles. The molecule has 0 aromatic heterocycles.